The molecule has 0 atom stereocenters. The van der Waals surface area contributed by atoms with Gasteiger partial charge >= 0.3 is 5.97 Å². The van der Waals surface area contributed by atoms with E-state index < -0.39 is 5.97 Å². The zero-order valence-electron chi connectivity index (χ0n) is 9.53. The molecule has 0 saturated heterocycles. The molecule has 16 heavy (non-hydrogen) atoms. The monoisotopic (exact) mass is 262 g/mol. The Morgan fingerprint density at radius 1 is 1.56 bits per heavy atom. The first-order chi connectivity index (χ1) is 7.51. The summed E-state index contributed by atoms with van der Waals surface area (Å²) in [7, 11) is 1.92. The molecule has 4 nitrogen and oxygen atoms in total. The van der Waals surface area contributed by atoms with Crippen molar-refractivity contribution < 1.29 is 9.90 Å². The van der Waals surface area contributed by atoms with Crippen molar-refractivity contribution in [1.29, 1.82) is 0 Å². The number of hydrogen-bond acceptors (Lipinski definition) is 4. The zero-order chi connectivity index (χ0) is 12.3. The Morgan fingerprint density at radius 3 is 2.50 bits per heavy atom. The molecule has 0 aromatic carbocycles. The first-order valence-electron chi connectivity index (χ1n) is 5.13. The molecule has 1 rings (SSSR count). The Kier molecular flexibility index (Phi) is 4.56. The molecule has 0 aliphatic carbocycles. The number of halogens is 1. The van der Waals surface area contributed by atoms with Crippen LogP contribution in [-0.2, 0) is 0 Å². The molecule has 0 aliphatic rings. The van der Waals surface area contributed by atoms with Crippen LogP contribution in [0.1, 0.15) is 36.4 Å². The van der Waals surface area contributed by atoms with E-state index in [1.54, 1.807) is 0 Å². The molecule has 0 fully saturated rings. The fourth-order valence-electron chi connectivity index (χ4n) is 1.57. The average Bonchev–Trinajstić information content (AvgIpc) is 2.62. The summed E-state index contributed by atoms with van der Waals surface area (Å²) < 4.78 is 0. The van der Waals surface area contributed by atoms with E-state index in [0.29, 0.717) is 11.2 Å². The van der Waals surface area contributed by atoms with Gasteiger partial charge in [-0.15, -0.1) is 0 Å². The molecule has 0 amide bonds. The second-order valence-corrected chi connectivity index (χ2v) is 4.84. The summed E-state index contributed by atoms with van der Waals surface area (Å²) in [6.07, 6.45) is 1.99. The van der Waals surface area contributed by atoms with Gasteiger partial charge in [0.1, 0.15) is 0 Å². The SMILES string of the molecule is CCC(CC)N(C)c1nc(Cl)c(C(=O)O)s1. The maximum Gasteiger partial charge on any atom is 0.349 e. The van der Waals surface area contributed by atoms with Crippen molar-refractivity contribution in [2.24, 2.45) is 0 Å². The minimum Gasteiger partial charge on any atom is -0.477 e. The van der Waals surface area contributed by atoms with Gasteiger partial charge in [-0.3, -0.25) is 0 Å². The summed E-state index contributed by atoms with van der Waals surface area (Å²) >= 11 is 6.88. The number of thiazole rings is 1. The van der Waals surface area contributed by atoms with Crippen molar-refractivity contribution in [3.63, 3.8) is 0 Å². The number of aromatic nitrogens is 1. The van der Waals surface area contributed by atoms with Gasteiger partial charge in [-0.2, -0.15) is 0 Å². The summed E-state index contributed by atoms with van der Waals surface area (Å²) in [4.78, 5) is 17.0. The van der Waals surface area contributed by atoms with Crippen LogP contribution in [0.3, 0.4) is 0 Å². The highest BCUT2D eigenvalue weighted by Gasteiger charge is 2.20. The summed E-state index contributed by atoms with van der Waals surface area (Å²) in [5, 5.41) is 9.62. The molecule has 6 heteroatoms. The third-order valence-electron chi connectivity index (χ3n) is 2.56. The van der Waals surface area contributed by atoms with E-state index in [1.165, 1.54) is 0 Å². The summed E-state index contributed by atoms with van der Waals surface area (Å²) in [6, 6.07) is 0.365. The fraction of sp³-hybridized carbons (Fsp3) is 0.600. The molecule has 1 heterocycles. The zero-order valence-corrected chi connectivity index (χ0v) is 11.1. The van der Waals surface area contributed by atoms with Crippen molar-refractivity contribution in [3.8, 4) is 0 Å². The van der Waals surface area contributed by atoms with E-state index in [9.17, 15) is 4.79 Å². The molecule has 1 N–H and O–H groups in total. The second kappa shape index (κ2) is 5.50. The first-order valence-corrected chi connectivity index (χ1v) is 6.33. The molecule has 90 valence electrons. The number of anilines is 1. The van der Waals surface area contributed by atoms with Crippen LogP contribution in [-0.4, -0.2) is 29.1 Å². The molecule has 0 bridgehead atoms. The minimum absolute atomic E-state index is 0.0744. The standard InChI is InChI=1S/C10H15ClN2O2S/c1-4-6(5-2)13(3)10-12-8(11)7(16-10)9(14)15/h6H,4-5H2,1-3H3,(H,14,15). The van der Waals surface area contributed by atoms with Crippen LogP contribution in [0.2, 0.25) is 5.15 Å². The van der Waals surface area contributed by atoms with Crippen LogP contribution in [0, 0.1) is 0 Å². The van der Waals surface area contributed by atoms with Gasteiger partial charge in [0, 0.05) is 13.1 Å². The lowest BCUT2D eigenvalue weighted by atomic mass is 10.1. The molecule has 1 aromatic heterocycles. The minimum atomic E-state index is -1.02. The van der Waals surface area contributed by atoms with Gasteiger partial charge in [0.25, 0.3) is 0 Å². The Morgan fingerprint density at radius 2 is 2.12 bits per heavy atom. The van der Waals surface area contributed by atoms with Crippen molar-refractivity contribution in [3.05, 3.63) is 10.0 Å². The quantitative estimate of drug-likeness (QED) is 0.886. The van der Waals surface area contributed by atoms with Gasteiger partial charge in [-0.1, -0.05) is 36.8 Å². The summed E-state index contributed by atoms with van der Waals surface area (Å²) in [6.45, 7) is 4.19. The average molecular weight is 263 g/mol. The highest BCUT2D eigenvalue weighted by molar-refractivity contribution is 7.18. The van der Waals surface area contributed by atoms with Gasteiger partial charge < -0.3 is 10.0 Å². The van der Waals surface area contributed by atoms with Crippen LogP contribution >= 0.6 is 22.9 Å². The highest BCUT2D eigenvalue weighted by Crippen LogP contribution is 2.30. The van der Waals surface area contributed by atoms with Crippen molar-refractivity contribution in [2.45, 2.75) is 32.7 Å². The smallest absolute Gasteiger partial charge is 0.349 e. The number of carboxylic acids is 1. The maximum atomic E-state index is 10.8. The topological polar surface area (TPSA) is 53.4 Å². The highest BCUT2D eigenvalue weighted by atomic mass is 35.5. The lowest BCUT2D eigenvalue weighted by Gasteiger charge is -2.25. The fourth-order valence-corrected chi connectivity index (χ4v) is 2.72. The Hall–Kier alpha value is -0.810. The van der Waals surface area contributed by atoms with Gasteiger partial charge in [0.15, 0.2) is 15.2 Å². The lowest BCUT2D eigenvalue weighted by molar-refractivity contribution is 0.0702. The number of hydrogen-bond donors (Lipinski definition) is 1. The van der Waals surface area contributed by atoms with Crippen LogP contribution in [0.4, 0.5) is 5.13 Å². The van der Waals surface area contributed by atoms with Gasteiger partial charge in [-0.05, 0) is 12.8 Å². The maximum absolute atomic E-state index is 10.8. The molecule has 0 saturated carbocycles. The van der Waals surface area contributed by atoms with E-state index in [2.05, 4.69) is 18.8 Å². The number of rotatable bonds is 5. The molecular formula is C10H15ClN2O2S. The van der Waals surface area contributed by atoms with Gasteiger partial charge in [-0.25, -0.2) is 9.78 Å². The largest absolute Gasteiger partial charge is 0.477 e. The molecule has 0 spiro atoms. The Balaban J connectivity index is 2.96. The van der Waals surface area contributed by atoms with Crippen LogP contribution < -0.4 is 4.90 Å². The van der Waals surface area contributed by atoms with E-state index in [0.717, 1.165) is 24.2 Å². The summed E-state index contributed by atoms with van der Waals surface area (Å²) in [5.74, 6) is -1.02. The van der Waals surface area contributed by atoms with Gasteiger partial charge in [0.05, 0.1) is 0 Å². The van der Waals surface area contributed by atoms with E-state index in [-0.39, 0.29) is 10.0 Å². The predicted molar refractivity (Wildman–Crippen MR) is 66.9 cm³/mol. The number of nitrogens with zero attached hydrogens (tertiary/aromatic N) is 2. The number of aromatic carboxylic acids is 1. The summed E-state index contributed by atoms with van der Waals surface area (Å²) in [5.41, 5.74) is 0. The van der Waals surface area contributed by atoms with E-state index in [1.807, 2.05) is 11.9 Å². The lowest BCUT2D eigenvalue weighted by Crippen LogP contribution is -2.30. The second-order valence-electron chi connectivity index (χ2n) is 3.50. The van der Waals surface area contributed by atoms with E-state index >= 15 is 0 Å². The number of carboxylic acid groups (broad SMARTS) is 1. The van der Waals surface area contributed by atoms with E-state index in [4.69, 9.17) is 16.7 Å². The molecule has 0 aliphatic heterocycles. The van der Waals surface area contributed by atoms with Crippen molar-refractivity contribution in [1.82, 2.24) is 4.98 Å². The Labute approximate surface area is 104 Å². The molecule has 0 unspecified atom stereocenters. The third kappa shape index (κ3) is 2.65. The number of carbonyl (C=O) groups is 1. The predicted octanol–water partition coefficient (Wildman–Crippen LogP) is 3.12. The van der Waals surface area contributed by atoms with Crippen LogP contribution in [0.5, 0.6) is 0 Å². The normalized spacial score (nSPS) is 10.8. The van der Waals surface area contributed by atoms with Crippen molar-refractivity contribution >= 4 is 34.0 Å². The molecule has 0 radical (unpaired) electrons. The van der Waals surface area contributed by atoms with Crippen LogP contribution in [0.15, 0.2) is 0 Å². The first kappa shape index (κ1) is 13.3. The third-order valence-corrected chi connectivity index (χ3v) is 4.08. The van der Waals surface area contributed by atoms with Crippen LogP contribution in [0.25, 0.3) is 0 Å². The van der Waals surface area contributed by atoms with Crippen molar-refractivity contribution in [2.75, 3.05) is 11.9 Å². The molecular weight excluding hydrogens is 248 g/mol. The molecule has 1 aromatic rings. The van der Waals surface area contributed by atoms with Gasteiger partial charge in [0.2, 0.25) is 0 Å². The Bertz CT molecular complexity index is 377.